The molecule has 0 spiro atoms. The molecule has 0 radical (unpaired) electrons. The van der Waals surface area contributed by atoms with Crippen molar-refractivity contribution in [1.82, 2.24) is 9.32 Å². The van der Waals surface area contributed by atoms with Gasteiger partial charge in [-0.2, -0.15) is 0 Å². The van der Waals surface area contributed by atoms with Crippen LogP contribution in [0.25, 0.3) is 21.2 Å². The fraction of sp³-hybridized carbons (Fsp3) is 0.344. The molecule has 44 heavy (non-hydrogen) atoms. The zero-order valence-corrected chi connectivity index (χ0v) is 27.6. The fourth-order valence-corrected chi connectivity index (χ4v) is 8.32. The van der Waals surface area contributed by atoms with E-state index in [0.717, 1.165) is 53.0 Å². The molecule has 1 aliphatic rings. The molecular formula is C32H32Cl2F2N2O4S2. The number of hydrogen-bond acceptors (Lipinski definition) is 6. The van der Waals surface area contributed by atoms with Crippen LogP contribution in [0.1, 0.15) is 46.5 Å². The third-order valence-corrected chi connectivity index (χ3v) is 10.9. The number of amides is 1. The number of thiophene rings is 1. The Morgan fingerprint density at radius 3 is 2.18 bits per heavy atom. The van der Waals surface area contributed by atoms with Crippen LogP contribution < -0.4 is 4.74 Å². The van der Waals surface area contributed by atoms with Gasteiger partial charge in [0.05, 0.1) is 28.0 Å². The van der Waals surface area contributed by atoms with E-state index in [2.05, 4.69) is 0 Å². The maximum Gasteiger partial charge on any atom is 0.266 e. The van der Waals surface area contributed by atoms with Crippen molar-refractivity contribution in [3.05, 3.63) is 87.3 Å². The first-order chi connectivity index (χ1) is 20.9. The van der Waals surface area contributed by atoms with Crippen molar-refractivity contribution in [2.45, 2.75) is 50.1 Å². The zero-order chi connectivity index (χ0) is 31.8. The Balaban J connectivity index is 1.52. The first-order valence-electron chi connectivity index (χ1n) is 14.1. The fourth-order valence-electron chi connectivity index (χ4n) is 5.82. The van der Waals surface area contributed by atoms with E-state index in [-0.39, 0.29) is 44.4 Å². The summed E-state index contributed by atoms with van der Waals surface area (Å²) in [6.45, 7) is 0.170. The summed E-state index contributed by atoms with van der Waals surface area (Å²) in [4.78, 5) is 16.1. The number of methoxy groups -OCH3 is 1. The van der Waals surface area contributed by atoms with Crippen molar-refractivity contribution in [1.29, 1.82) is 0 Å². The number of carbonyl (C=O) groups is 1. The lowest BCUT2D eigenvalue weighted by Gasteiger charge is -2.38. The Bertz CT molecular complexity index is 1790. The second-order valence-electron chi connectivity index (χ2n) is 11.2. The molecule has 1 aromatic heterocycles. The molecule has 0 bridgehead atoms. The van der Waals surface area contributed by atoms with E-state index in [4.69, 9.17) is 28.1 Å². The predicted octanol–water partition coefficient (Wildman–Crippen LogP) is 8.09. The summed E-state index contributed by atoms with van der Waals surface area (Å²) in [5.41, 5.74) is 3.15. The van der Waals surface area contributed by atoms with E-state index in [0.29, 0.717) is 24.2 Å². The van der Waals surface area contributed by atoms with Gasteiger partial charge in [0, 0.05) is 37.5 Å². The minimum atomic E-state index is -3.16. The van der Waals surface area contributed by atoms with Crippen molar-refractivity contribution in [3.8, 4) is 16.9 Å². The predicted molar refractivity (Wildman–Crippen MR) is 173 cm³/mol. The first kappa shape index (κ1) is 32.6. The summed E-state index contributed by atoms with van der Waals surface area (Å²) in [5.74, 6) is -1.20. The highest BCUT2D eigenvalue weighted by Gasteiger charge is 2.34. The maximum atomic E-state index is 14.7. The first-order valence-corrected chi connectivity index (χ1v) is 17.6. The van der Waals surface area contributed by atoms with Crippen molar-refractivity contribution in [2.24, 2.45) is 0 Å². The lowest BCUT2D eigenvalue weighted by Crippen LogP contribution is -2.44. The summed E-state index contributed by atoms with van der Waals surface area (Å²) >= 11 is 13.7. The minimum Gasteiger partial charge on any atom is -0.496 e. The average molecular weight is 682 g/mol. The molecule has 0 unspecified atom stereocenters. The maximum absolute atomic E-state index is 14.7. The molecule has 0 N–H and O–H groups in total. The topological polar surface area (TPSA) is 66.9 Å². The van der Waals surface area contributed by atoms with Gasteiger partial charge < -0.3 is 9.64 Å². The van der Waals surface area contributed by atoms with Gasteiger partial charge in [-0.05, 0) is 78.4 Å². The van der Waals surface area contributed by atoms with E-state index in [1.54, 1.807) is 28.6 Å². The largest absolute Gasteiger partial charge is 0.496 e. The number of carbonyl (C=O) groups excluding carboxylic acids is 1. The van der Waals surface area contributed by atoms with Crippen LogP contribution in [-0.4, -0.2) is 56.1 Å². The number of halogens is 4. The monoisotopic (exact) mass is 680 g/mol. The molecule has 0 aliphatic heterocycles. The van der Waals surface area contributed by atoms with Gasteiger partial charge in [0.2, 0.25) is 0 Å². The van der Waals surface area contributed by atoms with E-state index in [1.165, 1.54) is 6.26 Å². The molecule has 234 valence electrons. The summed E-state index contributed by atoms with van der Waals surface area (Å²) in [5, 5.41) is -0.188. The molecular weight excluding hydrogens is 649 g/mol. The molecule has 1 amide bonds. The summed E-state index contributed by atoms with van der Waals surface area (Å²) in [6, 6.07) is 15.0. The van der Waals surface area contributed by atoms with E-state index in [1.807, 2.05) is 37.4 Å². The van der Waals surface area contributed by atoms with Gasteiger partial charge in [0.15, 0.2) is 9.84 Å². The van der Waals surface area contributed by atoms with Crippen LogP contribution in [0.15, 0.2) is 54.6 Å². The van der Waals surface area contributed by atoms with Crippen LogP contribution in [-0.2, 0) is 22.1 Å². The standard InChI is InChI=1S/C32H32Cl2F2N2O4S2/c1-37(34)23-9-11-24(12-10-23)38(32(39)31-29(33)28-25(35)13-14-26(36)30(28)43-31)17-22-16-21(8-15-27(22)42-2)20-6-4-19(5-7-20)18-44(3,40)41/h4-8,13-16,23-24H,9-12,17-18H2,1-3H3/t23-,24-. The summed E-state index contributed by atoms with van der Waals surface area (Å²) in [6.07, 6.45) is 4.11. The number of fused-ring (bicyclic) bond motifs is 1. The Hall–Kier alpha value is -2.76. The van der Waals surface area contributed by atoms with Gasteiger partial charge in [-0.15, -0.1) is 11.3 Å². The molecule has 4 aromatic rings. The SMILES string of the molecule is COc1ccc(-c2ccc(CS(C)(=O)=O)cc2)cc1CN(C(=O)c1sc2c(F)ccc(F)c2c1Cl)[C@H]1CC[C@H](N(C)Cl)CC1. The molecule has 1 aliphatic carbocycles. The van der Waals surface area contributed by atoms with Crippen molar-refractivity contribution >= 4 is 60.5 Å². The normalized spacial score (nSPS) is 17.3. The van der Waals surface area contributed by atoms with Gasteiger partial charge in [-0.1, -0.05) is 41.9 Å². The number of hydrogen-bond donors (Lipinski definition) is 0. The highest BCUT2D eigenvalue weighted by Crippen LogP contribution is 2.41. The minimum absolute atomic E-state index is 0.00432. The average Bonchev–Trinajstić information content (AvgIpc) is 3.35. The third-order valence-electron chi connectivity index (χ3n) is 8.08. The lowest BCUT2D eigenvalue weighted by molar-refractivity contribution is 0.0589. The molecule has 1 heterocycles. The second kappa shape index (κ2) is 13.3. The van der Waals surface area contributed by atoms with Crippen molar-refractivity contribution in [2.75, 3.05) is 20.4 Å². The molecule has 0 saturated heterocycles. The molecule has 1 saturated carbocycles. The second-order valence-corrected chi connectivity index (χ2v) is 15.3. The molecule has 12 heteroatoms. The number of sulfone groups is 1. The van der Waals surface area contributed by atoms with E-state index in [9.17, 15) is 22.0 Å². The Kier molecular flexibility index (Phi) is 9.87. The number of benzene rings is 3. The van der Waals surface area contributed by atoms with Gasteiger partial charge in [0.25, 0.3) is 5.91 Å². The van der Waals surface area contributed by atoms with Crippen LogP contribution in [0.5, 0.6) is 5.75 Å². The quantitative estimate of drug-likeness (QED) is 0.167. The van der Waals surface area contributed by atoms with Crippen LogP contribution in [0.4, 0.5) is 8.78 Å². The molecule has 6 nitrogen and oxygen atoms in total. The van der Waals surface area contributed by atoms with Gasteiger partial charge in [0.1, 0.15) is 22.3 Å². The van der Waals surface area contributed by atoms with E-state index >= 15 is 0 Å². The molecule has 0 atom stereocenters. The smallest absolute Gasteiger partial charge is 0.266 e. The summed E-state index contributed by atoms with van der Waals surface area (Å²) < 4.78 is 60.1. The van der Waals surface area contributed by atoms with Crippen LogP contribution in [0, 0.1) is 11.6 Å². The Morgan fingerprint density at radius 1 is 0.977 bits per heavy atom. The van der Waals surface area contributed by atoms with Gasteiger partial charge >= 0.3 is 0 Å². The van der Waals surface area contributed by atoms with Crippen LogP contribution >= 0.6 is 34.7 Å². The number of ether oxygens (including phenoxy) is 1. The molecule has 3 aromatic carbocycles. The summed E-state index contributed by atoms with van der Waals surface area (Å²) in [7, 11) is 0.210. The van der Waals surface area contributed by atoms with Crippen LogP contribution in [0.2, 0.25) is 5.02 Å². The number of rotatable bonds is 9. The number of nitrogens with zero attached hydrogens (tertiary/aromatic N) is 2. The van der Waals surface area contributed by atoms with Gasteiger partial charge in [-0.3, -0.25) is 4.79 Å². The van der Waals surface area contributed by atoms with Gasteiger partial charge in [-0.25, -0.2) is 21.6 Å². The van der Waals surface area contributed by atoms with Crippen molar-refractivity contribution < 1.29 is 26.7 Å². The molecule has 5 rings (SSSR count). The zero-order valence-electron chi connectivity index (χ0n) is 24.4. The lowest BCUT2D eigenvalue weighted by atomic mass is 9.89. The highest BCUT2D eigenvalue weighted by molar-refractivity contribution is 7.89. The Morgan fingerprint density at radius 2 is 1.59 bits per heavy atom. The molecule has 1 fully saturated rings. The van der Waals surface area contributed by atoms with Crippen molar-refractivity contribution in [3.63, 3.8) is 0 Å². The van der Waals surface area contributed by atoms with Crippen LogP contribution in [0.3, 0.4) is 0 Å². The third kappa shape index (κ3) is 7.05. The van der Waals surface area contributed by atoms with E-state index < -0.39 is 27.4 Å². The Labute approximate surface area is 270 Å². The highest BCUT2D eigenvalue weighted by atomic mass is 35.5.